The zero-order valence-electron chi connectivity index (χ0n) is 16.8. The summed E-state index contributed by atoms with van der Waals surface area (Å²) >= 11 is 0. The summed E-state index contributed by atoms with van der Waals surface area (Å²) < 4.78 is 5.30. The van der Waals surface area contributed by atoms with Gasteiger partial charge in [-0.25, -0.2) is 4.79 Å². The lowest BCUT2D eigenvalue weighted by Crippen LogP contribution is -2.32. The number of carboxylic acid groups (broad SMARTS) is 1. The van der Waals surface area contributed by atoms with E-state index in [1.165, 1.54) is 4.90 Å². The van der Waals surface area contributed by atoms with Crippen LogP contribution in [0, 0.1) is 0 Å². The Morgan fingerprint density at radius 1 is 1.03 bits per heavy atom. The normalized spacial score (nSPS) is 12.5. The fourth-order valence-electron chi connectivity index (χ4n) is 3.38. The van der Waals surface area contributed by atoms with E-state index in [9.17, 15) is 19.5 Å². The van der Waals surface area contributed by atoms with Crippen LogP contribution >= 0.6 is 0 Å². The third-order valence-corrected chi connectivity index (χ3v) is 5.05. The average Bonchev–Trinajstić information content (AvgIpc) is 2.75. The number of carbonyl (C=O) groups is 3. The molecule has 0 aromatic heterocycles. The molecule has 0 saturated carbocycles. The van der Waals surface area contributed by atoms with Crippen molar-refractivity contribution in [2.45, 2.75) is 32.1 Å². The number of rotatable bonds is 10. The van der Waals surface area contributed by atoms with Crippen LogP contribution in [0.15, 0.2) is 48.5 Å². The highest BCUT2D eigenvalue weighted by atomic mass is 16.5. The van der Waals surface area contributed by atoms with Crippen molar-refractivity contribution in [3.8, 4) is 5.75 Å². The molecule has 1 aliphatic heterocycles. The number of Topliss-reactive ketones (excluding diaryl/α,β-unsaturated/α-hetero) is 1. The Hall–Kier alpha value is -3.35. The smallest absolute Gasteiger partial charge is 0.407 e. The number of amides is 2. The van der Waals surface area contributed by atoms with Crippen LogP contribution in [0.2, 0.25) is 0 Å². The summed E-state index contributed by atoms with van der Waals surface area (Å²) in [6, 6.07) is 14.8. The van der Waals surface area contributed by atoms with Gasteiger partial charge in [-0.2, -0.15) is 0 Å². The van der Waals surface area contributed by atoms with Crippen molar-refractivity contribution in [3.63, 3.8) is 0 Å². The topological polar surface area (TPSA) is 95.9 Å². The molecule has 2 aromatic carbocycles. The first-order valence-corrected chi connectivity index (χ1v) is 10.1. The van der Waals surface area contributed by atoms with E-state index in [4.69, 9.17) is 4.74 Å². The van der Waals surface area contributed by atoms with E-state index in [1.54, 1.807) is 18.2 Å². The molecule has 3 rings (SSSR count). The van der Waals surface area contributed by atoms with Crippen LogP contribution in [-0.2, 0) is 11.2 Å². The highest BCUT2D eigenvalue weighted by Gasteiger charge is 2.18. The van der Waals surface area contributed by atoms with Crippen LogP contribution in [0.3, 0.4) is 0 Å². The van der Waals surface area contributed by atoms with Gasteiger partial charge in [0.2, 0.25) is 0 Å². The number of fused-ring (bicyclic) bond motifs is 1. The molecule has 0 unspecified atom stereocenters. The molecule has 0 bridgehead atoms. The molecule has 7 nitrogen and oxygen atoms in total. The quantitative estimate of drug-likeness (QED) is 0.456. The number of nitrogens with one attached hydrogen (secondary N) is 1. The maximum atomic E-state index is 12.4. The van der Waals surface area contributed by atoms with E-state index in [-0.39, 0.29) is 18.3 Å². The third-order valence-electron chi connectivity index (χ3n) is 5.05. The van der Waals surface area contributed by atoms with Crippen molar-refractivity contribution in [2.75, 3.05) is 25.0 Å². The molecule has 0 saturated heterocycles. The van der Waals surface area contributed by atoms with Crippen molar-refractivity contribution in [1.82, 2.24) is 4.90 Å². The predicted octanol–water partition coefficient (Wildman–Crippen LogP) is 3.98. The monoisotopic (exact) mass is 410 g/mol. The first kappa shape index (κ1) is 21.4. The molecule has 2 N–H and O–H groups in total. The Morgan fingerprint density at radius 2 is 1.83 bits per heavy atom. The molecule has 2 amide bonds. The van der Waals surface area contributed by atoms with Gasteiger partial charge in [0.05, 0.1) is 5.69 Å². The third kappa shape index (κ3) is 6.07. The number of unbranched alkanes of at least 4 members (excludes halogenated alkanes) is 2. The van der Waals surface area contributed by atoms with E-state index in [0.717, 1.165) is 12.0 Å². The molecule has 0 atom stereocenters. The maximum Gasteiger partial charge on any atom is 0.407 e. The van der Waals surface area contributed by atoms with Crippen molar-refractivity contribution in [3.05, 3.63) is 59.7 Å². The molecule has 0 fully saturated rings. The fraction of sp³-hybridized carbons (Fsp3) is 0.348. The summed E-state index contributed by atoms with van der Waals surface area (Å²) in [6.45, 7) is 0.902. The molecule has 0 radical (unpaired) electrons. The zero-order valence-corrected chi connectivity index (χ0v) is 16.8. The first-order chi connectivity index (χ1) is 14.5. The van der Waals surface area contributed by atoms with Gasteiger partial charge in [-0.05, 0) is 43.0 Å². The van der Waals surface area contributed by atoms with Crippen molar-refractivity contribution < 1.29 is 24.2 Å². The Kier molecular flexibility index (Phi) is 7.43. The van der Waals surface area contributed by atoms with Gasteiger partial charge < -0.3 is 20.1 Å². The van der Waals surface area contributed by atoms with Gasteiger partial charge in [-0.3, -0.25) is 9.59 Å². The average molecular weight is 410 g/mol. The van der Waals surface area contributed by atoms with Crippen molar-refractivity contribution >= 4 is 23.5 Å². The second-order valence-electron chi connectivity index (χ2n) is 7.29. The van der Waals surface area contributed by atoms with E-state index in [1.807, 2.05) is 30.3 Å². The SMILES string of the molecule is O=C1COc2ccc(C(=O)CCCCCN(CCc3ccccc3)C(=O)O)cc2N1. The fourth-order valence-corrected chi connectivity index (χ4v) is 3.38. The maximum absolute atomic E-state index is 12.4. The number of benzene rings is 2. The van der Waals surface area contributed by atoms with Gasteiger partial charge >= 0.3 is 6.09 Å². The summed E-state index contributed by atoms with van der Waals surface area (Å²) in [5.74, 6) is 0.328. The second-order valence-corrected chi connectivity index (χ2v) is 7.29. The summed E-state index contributed by atoms with van der Waals surface area (Å²) in [6.07, 6.45) is 2.31. The molecule has 2 aromatic rings. The number of anilines is 1. The number of hydrogen-bond donors (Lipinski definition) is 2. The molecule has 30 heavy (non-hydrogen) atoms. The van der Waals surface area contributed by atoms with Gasteiger partial charge in [0.1, 0.15) is 5.75 Å². The van der Waals surface area contributed by atoms with Crippen molar-refractivity contribution in [2.24, 2.45) is 0 Å². The molecule has 158 valence electrons. The molecule has 0 aliphatic carbocycles. The first-order valence-electron chi connectivity index (χ1n) is 10.1. The lowest BCUT2D eigenvalue weighted by atomic mass is 10.0. The van der Waals surface area contributed by atoms with Crippen LogP contribution in [0.4, 0.5) is 10.5 Å². The lowest BCUT2D eigenvalue weighted by Gasteiger charge is -2.19. The van der Waals surface area contributed by atoms with Crippen LogP contribution < -0.4 is 10.1 Å². The van der Waals surface area contributed by atoms with Gasteiger partial charge in [-0.1, -0.05) is 36.8 Å². The highest BCUT2D eigenvalue weighted by molar-refractivity contribution is 6.00. The summed E-state index contributed by atoms with van der Waals surface area (Å²) in [4.78, 5) is 36.7. The molecule has 7 heteroatoms. The van der Waals surface area contributed by atoms with Crippen LogP contribution in [-0.4, -0.2) is 47.5 Å². The minimum atomic E-state index is -0.916. The van der Waals surface area contributed by atoms with E-state index < -0.39 is 6.09 Å². The van der Waals surface area contributed by atoms with Crippen LogP contribution in [0.25, 0.3) is 0 Å². The van der Waals surface area contributed by atoms with E-state index in [0.29, 0.717) is 55.8 Å². The van der Waals surface area contributed by atoms with Gasteiger partial charge in [0.15, 0.2) is 12.4 Å². The summed E-state index contributed by atoms with van der Waals surface area (Å²) in [5, 5.41) is 12.1. The van der Waals surface area contributed by atoms with Crippen LogP contribution in [0.5, 0.6) is 5.75 Å². The number of hydrogen-bond acceptors (Lipinski definition) is 4. The van der Waals surface area contributed by atoms with Gasteiger partial charge in [0, 0.05) is 25.1 Å². The molecule has 1 aliphatic rings. The largest absolute Gasteiger partial charge is 0.482 e. The molecule has 1 heterocycles. The predicted molar refractivity (Wildman–Crippen MR) is 113 cm³/mol. The Labute approximate surface area is 175 Å². The van der Waals surface area contributed by atoms with Crippen molar-refractivity contribution in [1.29, 1.82) is 0 Å². The zero-order chi connectivity index (χ0) is 21.3. The number of nitrogens with zero attached hydrogens (tertiary/aromatic N) is 1. The molecular weight excluding hydrogens is 384 g/mol. The number of carbonyl (C=O) groups excluding carboxylic acids is 2. The van der Waals surface area contributed by atoms with Gasteiger partial charge in [-0.15, -0.1) is 0 Å². The van der Waals surface area contributed by atoms with E-state index >= 15 is 0 Å². The number of ether oxygens (including phenoxy) is 1. The summed E-state index contributed by atoms with van der Waals surface area (Å²) in [5.41, 5.74) is 2.17. The van der Waals surface area contributed by atoms with E-state index in [2.05, 4.69) is 5.32 Å². The molecular formula is C23H26N2O5. The standard InChI is InChI=1S/C23H26N2O5/c26-20(18-10-11-21-19(15-18)24-22(27)16-30-21)9-5-2-6-13-25(23(28)29)14-12-17-7-3-1-4-8-17/h1,3-4,7-8,10-11,15H,2,5-6,9,12-14,16H2,(H,24,27)(H,28,29). The minimum Gasteiger partial charge on any atom is -0.482 e. The summed E-state index contributed by atoms with van der Waals surface area (Å²) in [7, 11) is 0. The molecule has 0 spiro atoms. The lowest BCUT2D eigenvalue weighted by molar-refractivity contribution is -0.118. The second kappa shape index (κ2) is 10.4. The minimum absolute atomic E-state index is 0.00297. The number of ketones is 1. The Balaban J connectivity index is 1.39. The Morgan fingerprint density at radius 3 is 2.60 bits per heavy atom. The van der Waals surface area contributed by atoms with Crippen LogP contribution in [0.1, 0.15) is 41.6 Å². The van der Waals surface area contributed by atoms with Gasteiger partial charge in [0.25, 0.3) is 5.91 Å². The highest BCUT2D eigenvalue weighted by Crippen LogP contribution is 2.29. The Bertz CT molecular complexity index is 898.